The molecule has 0 bridgehead atoms. The van der Waals surface area contributed by atoms with Crippen LogP contribution in [0, 0.1) is 0 Å². The molecule has 3 rings (SSSR count). The van der Waals surface area contributed by atoms with Crippen molar-refractivity contribution in [3.05, 3.63) is 42.0 Å². The highest BCUT2D eigenvalue weighted by Gasteiger charge is 2.21. The molecule has 86 valence electrons. The summed E-state index contributed by atoms with van der Waals surface area (Å²) in [4.78, 5) is 11.1. The van der Waals surface area contributed by atoms with Crippen molar-refractivity contribution in [3.63, 3.8) is 0 Å². The molecule has 4 nitrogen and oxygen atoms in total. The van der Waals surface area contributed by atoms with E-state index < -0.39 is 0 Å². The van der Waals surface area contributed by atoms with Crippen molar-refractivity contribution in [1.29, 1.82) is 0 Å². The van der Waals surface area contributed by atoms with E-state index in [9.17, 15) is 9.90 Å². The number of hydrogen-bond acceptors (Lipinski definition) is 2. The number of nitrogens with one attached hydrogen (secondary N) is 2. The molecular weight excluding hydrogens is 216 g/mol. The molecule has 2 aromatic carbocycles. The average molecular weight is 228 g/mol. The Labute approximate surface area is 98.3 Å². The van der Waals surface area contributed by atoms with Crippen molar-refractivity contribution in [1.82, 2.24) is 10.6 Å². The molecule has 4 heteroatoms. The number of carbonyl (C=O) groups is 1. The number of rotatable bonds is 1. The molecule has 1 atom stereocenters. The van der Waals surface area contributed by atoms with E-state index in [1.807, 2.05) is 24.3 Å². The first kappa shape index (κ1) is 9.96. The lowest BCUT2D eigenvalue weighted by atomic mass is 10.0. The molecule has 0 spiro atoms. The van der Waals surface area contributed by atoms with Crippen LogP contribution in [0.5, 0.6) is 5.75 Å². The topological polar surface area (TPSA) is 61.4 Å². The molecule has 0 aliphatic carbocycles. The molecule has 1 heterocycles. The lowest BCUT2D eigenvalue weighted by molar-refractivity contribution is 0.247. The number of carbonyl (C=O) groups excluding carboxylic acids is 1. The first-order valence-corrected chi connectivity index (χ1v) is 5.49. The smallest absolute Gasteiger partial charge is 0.315 e. The Morgan fingerprint density at radius 1 is 1.12 bits per heavy atom. The summed E-state index contributed by atoms with van der Waals surface area (Å²) in [6.07, 6.45) is 0. The second kappa shape index (κ2) is 3.66. The summed E-state index contributed by atoms with van der Waals surface area (Å²) in [5, 5.41) is 17.0. The van der Waals surface area contributed by atoms with Crippen LogP contribution in [-0.4, -0.2) is 17.7 Å². The van der Waals surface area contributed by atoms with E-state index in [2.05, 4.69) is 10.6 Å². The van der Waals surface area contributed by atoms with E-state index in [0.717, 1.165) is 16.3 Å². The number of benzene rings is 2. The Kier molecular flexibility index (Phi) is 2.14. The van der Waals surface area contributed by atoms with Crippen LogP contribution in [-0.2, 0) is 0 Å². The molecule has 1 aliphatic rings. The van der Waals surface area contributed by atoms with E-state index in [4.69, 9.17) is 0 Å². The normalized spacial score (nSPS) is 19.1. The van der Waals surface area contributed by atoms with Gasteiger partial charge in [-0.1, -0.05) is 18.2 Å². The molecular formula is C13H12N2O2. The van der Waals surface area contributed by atoms with Crippen LogP contribution >= 0.6 is 0 Å². The zero-order valence-electron chi connectivity index (χ0n) is 9.10. The number of hydrogen-bond donors (Lipinski definition) is 3. The minimum atomic E-state index is -0.124. The van der Waals surface area contributed by atoms with E-state index in [1.165, 1.54) is 0 Å². The van der Waals surface area contributed by atoms with Crippen LogP contribution in [0.4, 0.5) is 4.79 Å². The third-order valence-corrected chi connectivity index (χ3v) is 3.02. The molecule has 0 radical (unpaired) electrons. The molecule has 1 saturated heterocycles. The number of aromatic hydroxyl groups is 1. The number of phenols is 1. The summed E-state index contributed by atoms with van der Waals surface area (Å²) in [5.74, 6) is 0.265. The van der Waals surface area contributed by atoms with Crippen LogP contribution in [0.15, 0.2) is 36.4 Å². The molecule has 0 saturated carbocycles. The molecule has 1 fully saturated rings. The monoisotopic (exact) mass is 228 g/mol. The van der Waals surface area contributed by atoms with Gasteiger partial charge in [0.1, 0.15) is 5.75 Å². The standard InChI is InChI=1S/C13H12N2O2/c16-11-4-3-8-5-10(2-1-9(8)6-11)12-7-14-13(17)15-12/h1-6,12,16H,7H2,(H2,14,15,17)/t12-/m0/s1. The summed E-state index contributed by atoms with van der Waals surface area (Å²) in [6, 6.07) is 11.1. The molecule has 17 heavy (non-hydrogen) atoms. The molecule has 1 aliphatic heterocycles. The Balaban J connectivity index is 2.02. The second-order valence-electron chi connectivity index (χ2n) is 4.20. The summed E-state index contributed by atoms with van der Waals surface area (Å²) in [7, 11) is 0. The highest BCUT2D eigenvalue weighted by Crippen LogP contribution is 2.24. The molecule has 0 aromatic heterocycles. The predicted molar refractivity (Wildman–Crippen MR) is 64.9 cm³/mol. The largest absolute Gasteiger partial charge is 0.508 e. The molecule has 2 amide bonds. The van der Waals surface area contributed by atoms with Crippen molar-refractivity contribution in [3.8, 4) is 5.75 Å². The number of amides is 2. The summed E-state index contributed by atoms with van der Waals surface area (Å²) < 4.78 is 0. The van der Waals surface area contributed by atoms with Crippen LogP contribution in [0.25, 0.3) is 10.8 Å². The summed E-state index contributed by atoms with van der Waals surface area (Å²) in [6.45, 7) is 0.614. The SMILES string of the molecule is O=C1NC[C@@H](c2ccc3cc(O)ccc3c2)N1. The first-order chi connectivity index (χ1) is 8.22. The minimum absolute atomic E-state index is 0.0284. The quantitative estimate of drug-likeness (QED) is 0.698. The van der Waals surface area contributed by atoms with Crippen molar-refractivity contribution in [2.24, 2.45) is 0 Å². The van der Waals surface area contributed by atoms with Gasteiger partial charge in [-0.25, -0.2) is 4.79 Å². The van der Waals surface area contributed by atoms with Gasteiger partial charge in [-0.05, 0) is 34.5 Å². The van der Waals surface area contributed by atoms with Crippen molar-refractivity contribution in [2.45, 2.75) is 6.04 Å². The van der Waals surface area contributed by atoms with Gasteiger partial charge in [-0.2, -0.15) is 0 Å². The third-order valence-electron chi connectivity index (χ3n) is 3.02. The van der Waals surface area contributed by atoms with Gasteiger partial charge in [0.25, 0.3) is 0 Å². The van der Waals surface area contributed by atoms with E-state index in [1.54, 1.807) is 12.1 Å². The van der Waals surface area contributed by atoms with Gasteiger partial charge < -0.3 is 15.7 Å². The van der Waals surface area contributed by atoms with Crippen LogP contribution < -0.4 is 10.6 Å². The van der Waals surface area contributed by atoms with Gasteiger partial charge >= 0.3 is 6.03 Å². The maximum Gasteiger partial charge on any atom is 0.315 e. The second-order valence-corrected chi connectivity index (χ2v) is 4.20. The Morgan fingerprint density at radius 2 is 1.88 bits per heavy atom. The summed E-state index contributed by atoms with van der Waals surface area (Å²) >= 11 is 0. The highest BCUT2D eigenvalue weighted by atomic mass is 16.3. The molecule has 0 unspecified atom stereocenters. The maximum atomic E-state index is 11.1. The fraction of sp³-hybridized carbons (Fsp3) is 0.154. The van der Waals surface area contributed by atoms with Crippen LogP contribution in [0.3, 0.4) is 0 Å². The first-order valence-electron chi connectivity index (χ1n) is 5.49. The number of fused-ring (bicyclic) bond motifs is 1. The zero-order chi connectivity index (χ0) is 11.8. The fourth-order valence-electron chi connectivity index (χ4n) is 2.12. The van der Waals surface area contributed by atoms with Gasteiger partial charge in [-0.15, -0.1) is 0 Å². The van der Waals surface area contributed by atoms with E-state index in [0.29, 0.717) is 6.54 Å². The Bertz CT molecular complexity index is 595. The fourth-order valence-corrected chi connectivity index (χ4v) is 2.12. The Morgan fingerprint density at radius 3 is 2.65 bits per heavy atom. The van der Waals surface area contributed by atoms with Crippen molar-refractivity contribution < 1.29 is 9.90 Å². The average Bonchev–Trinajstić information content (AvgIpc) is 2.75. The predicted octanol–water partition coefficient (Wildman–Crippen LogP) is 1.90. The highest BCUT2D eigenvalue weighted by molar-refractivity contribution is 5.85. The van der Waals surface area contributed by atoms with Crippen molar-refractivity contribution in [2.75, 3.05) is 6.54 Å². The van der Waals surface area contributed by atoms with E-state index in [-0.39, 0.29) is 17.8 Å². The third kappa shape index (κ3) is 1.78. The lowest BCUT2D eigenvalue weighted by Crippen LogP contribution is -2.21. The van der Waals surface area contributed by atoms with Gasteiger partial charge in [0.05, 0.1) is 6.04 Å². The van der Waals surface area contributed by atoms with Crippen LogP contribution in [0.2, 0.25) is 0 Å². The van der Waals surface area contributed by atoms with Gasteiger partial charge in [0, 0.05) is 6.54 Å². The Hall–Kier alpha value is -2.23. The number of urea groups is 1. The summed E-state index contributed by atoms with van der Waals surface area (Å²) in [5.41, 5.74) is 1.07. The van der Waals surface area contributed by atoms with Gasteiger partial charge in [-0.3, -0.25) is 0 Å². The number of phenolic OH excluding ortho intramolecular Hbond substituents is 1. The minimum Gasteiger partial charge on any atom is -0.508 e. The molecule has 2 aromatic rings. The maximum absolute atomic E-state index is 11.1. The van der Waals surface area contributed by atoms with Crippen LogP contribution in [0.1, 0.15) is 11.6 Å². The molecule has 3 N–H and O–H groups in total. The van der Waals surface area contributed by atoms with Gasteiger partial charge in [0.15, 0.2) is 0 Å². The van der Waals surface area contributed by atoms with E-state index >= 15 is 0 Å². The van der Waals surface area contributed by atoms with Crippen molar-refractivity contribution >= 4 is 16.8 Å². The van der Waals surface area contributed by atoms with Gasteiger partial charge in [0.2, 0.25) is 0 Å². The zero-order valence-corrected chi connectivity index (χ0v) is 9.10. The lowest BCUT2D eigenvalue weighted by Gasteiger charge is -2.10.